The van der Waals surface area contributed by atoms with Crippen LogP contribution in [0.4, 0.5) is 10.5 Å². The van der Waals surface area contributed by atoms with Gasteiger partial charge in [0, 0.05) is 36.8 Å². The summed E-state index contributed by atoms with van der Waals surface area (Å²) in [6.07, 6.45) is 5.08. The molecule has 0 spiro atoms. The van der Waals surface area contributed by atoms with E-state index in [9.17, 15) is 9.59 Å². The van der Waals surface area contributed by atoms with Crippen molar-refractivity contribution in [2.75, 3.05) is 24.5 Å². The van der Waals surface area contributed by atoms with Crippen LogP contribution < -0.4 is 10.6 Å². The Kier molecular flexibility index (Phi) is 6.82. The first-order valence-electron chi connectivity index (χ1n) is 12.4. The van der Waals surface area contributed by atoms with Crippen molar-refractivity contribution in [3.05, 3.63) is 84.1 Å². The molecule has 1 fully saturated rings. The van der Waals surface area contributed by atoms with Crippen LogP contribution in [-0.4, -0.2) is 46.1 Å². The van der Waals surface area contributed by atoms with E-state index >= 15 is 0 Å². The van der Waals surface area contributed by atoms with Gasteiger partial charge in [-0.15, -0.1) is 0 Å². The number of urea groups is 1. The van der Waals surface area contributed by atoms with Gasteiger partial charge in [0.05, 0.1) is 24.8 Å². The molecule has 0 saturated carbocycles. The van der Waals surface area contributed by atoms with Crippen LogP contribution >= 0.6 is 0 Å². The molecule has 0 atom stereocenters. The van der Waals surface area contributed by atoms with Gasteiger partial charge in [-0.25, -0.2) is 4.79 Å². The number of carbonyl (C=O) groups is 2. The van der Waals surface area contributed by atoms with E-state index in [0.29, 0.717) is 12.1 Å². The molecule has 0 radical (unpaired) electrons. The number of rotatable bonds is 6. The number of Topliss-reactive ketones (excluding diaryl/α,β-unsaturated/α-hetero) is 1. The summed E-state index contributed by atoms with van der Waals surface area (Å²) in [5, 5.41) is 5.44. The molecule has 5 rings (SSSR count). The maximum absolute atomic E-state index is 13.7. The van der Waals surface area contributed by atoms with Gasteiger partial charge in [-0.1, -0.05) is 48.5 Å². The summed E-state index contributed by atoms with van der Waals surface area (Å²) < 4.78 is 1.87. The molecule has 1 aromatic heterocycles. The van der Waals surface area contributed by atoms with Crippen molar-refractivity contribution in [3.8, 4) is 11.1 Å². The van der Waals surface area contributed by atoms with Gasteiger partial charge in [0.2, 0.25) is 0 Å². The fraction of sp³-hybridized carbons (Fsp3) is 0.276. The van der Waals surface area contributed by atoms with Gasteiger partial charge < -0.3 is 10.6 Å². The quantitative estimate of drug-likeness (QED) is 0.393. The second-order valence-electron chi connectivity index (χ2n) is 9.33. The van der Waals surface area contributed by atoms with E-state index < -0.39 is 0 Å². The molecule has 1 aliphatic rings. The molecule has 1 aliphatic heterocycles. The van der Waals surface area contributed by atoms with Crippen LogP contribution in [0.15, 0.2) is 72.9 Å². The molecular formula is C29H31N5O2. The predicted octanol–water partition coefficient (Wildman–Crippen LogP) is 4.99. The number of amides is 2. The van der Waals surface area contributed by atoms with Crippen LogP contribution in [-0.2, 0) is 13.6 Å². The van der Waals surface area contributed by atoms with Gasteiger partial charge in [-0.05, 0) is 54.2 Å². The second kappa shape index (κ2) is 10.3. The van der Waals surface area contributed by atoms with Crippen LogP contribution in [0.3, 0.4) is 0 Å². The molecule has 1 saturated heterocycles. The summed E-state index contributed by atoms with van der Waals surface area (Å²) in [6, 6.07) is 21.8. The van der Waals surface area contributed by atoms with Gasteiger partial charge in [-0.3, -0.25) is 14.4 Å². The number of fused-ring (bicyclic) bond motifs is 1. The summed E-state index contributed by atoms with van der Waals surface area (Å²) in [4.78, 5) is 29.5. The Morgan fingerprint density at radius 3 is 2.44 bits per heavy atom. The third-order valence-corrected chi connectivity index (χ3v) is 6.90. The van der Waals surface area contributed by atoms with Gasteiger partial charge >= 0.3 is 6.03 Å². The van der Waals surface area contributed by atoms with E-state index in [1.54, 1.807) is 12.1 Å². The minimum atomic E-state index is -0.0964. The molecule has 3 aromatic carbocycles. The fourth-order valence-electron chi connectivity index (χ4n) is 4.80. The number of piperidine rings is 1. The van der Waals surface area contributed by atoms with E-state index in [-0.39, 0.29) is 18.4 Å². The van der Waals surface area contributed by atoms with Crippen LogP contribution in [0.1, 0.15) is 35.2 Å². The predicted molar refractivity (Wildman–Crippen MR) is 143 cm³/mol. The first-order chi connectivity index (χ1) is 17.5. The number of carbonyl (C=O) groups excluding carboxylic acids is 2. The SMILES string of the molecule is Cn1ncc2ccc(-c3cccc(N(Cc4ccc(C(=O)CN)cc4)C(=O)N4CCCCC4)c3)cc21. The molecule has 4 aromatic rings. The van der Waals surface area contributed by atoms with E-state index in [2.05, 4.69) is 35.4 Å². The highest BCUT2D eigenvalue weighted by molar-refractivity contribution is 5.97. The maximum Gasteiger partial charge on any atom is 0.324 e. The van der Waals surface area contributed by atoms with Crippen molar-refractivity contribution in [1.29, 1.82) is 0 Å². The van der Waals surface area contributed by atoms with Crippen molar-refractivity contribution in [2.45, 2.75) is 25.8 Å². The molecule has 0 aliphatic carbocycles. The Bertz CT molecular complexity index is 1390. The zero-order chi connectivity index (χ0) is 25.1. The number of nitrogens with zero attached hydrogens (tertiary/aromatic N) is 4. The molecule has 0 bridgehead atoms. The monoisotopic (exact) mass is 481 g/mol. The summed E-state index contributed by atoms with van der Waals surface area (Å²) in [7, 11) is 1.94. The molecule has 2 N–H and O–H groups in total. The van der Waals surface area contributed by atoms with Crippen molar-refractivity contribution in [2.24, 2.45) is 12.8 Å². The molecule has 7 nitrogen and oxygen atoms in total. The summed E-state index contributed by atoms with van der Waals surface area (Å²) in [5.41, 5.74) is 11.1. The Hall–Kier alpha value is -3.97. The highest BCUT2D eigenvalue weighted by Gasteiger charge is 2.24. The lowest BCUT2D eigenvalue weighted by molar-refractivity contribution is 0.100. The van der Waals surface area contributed by atoms with Crippen molar-refractivity contribution < 1.29 is 9.59 Å². The third kappa shape index (κ3) is 4.88. The Morgan fingerprint density at radius 1 is 0.944 bits per heavy atom. The third-order valence-electron chi connectivity index (χ3n) is 6.90. The summed E-state index contributed by atoms with van der Waals surface area (Å²) in [5.74, 6) is -0.0964. The van der Waals surface area contributed by atoms with Crippen molar-refractivity contribution >= 4 is 28.4 Å². The lowest BCUT2D eigenvalue weighted by Crippen LogP contribution is -2.45. The molecular weight excluding hydrogens is 450 g/mol. The minimum Gasteiger partial charge on any atom is -0.324 e. The second-order valence-corrected chi connectivity index (χ2v) is 9.33. The molecule has 36 heavy (non-hydrogen) atoms. The number of benzene rings is 3. The van der Waals surface area contributed by atoms with Gasteiger partial charge in [0.1, 0.15) is 0 Å². The fourth-order valence-corrected chi connectivity index (χ4v) is 4.80. The zero-order valence-electron chi connectivity index (χ0n) is 20.6. The average molecular weight is 482 g/mol. The van der Waals surface area contributed by atoms with Crippen molar-refractivity contribution in [3.63, 3.8) is 0 Å². The molecule has 7 heteroatoms. The first-order valence-corrected chi connectivity index (χ1v) is 12.4. The van der Waals surface area contributed by atoms with E-state index in [1.165, 1.54) is 0 Å². The highest BCUT2D eigenvalue weighted by atomic mass is 16.2. The lowest BCUT2D eigenvalue weighted by Gasteiger charge is -2.33. The molecule has 2 amide bonds. The number of hydrogen-bond donors (Lipinski definition) is 1. The Labute approximate surface area is 211 Å². The van der Waals surface area contributed by atoms with Gasteiger partial charge in [-0.2, -0.15) is 5.10 Å². The maximum atomic E-state index is 13.7. The number of nitrogens with two attached hydrogens (primary N) is 1. The number of aryl methyl sites for hydroxylation is 1. The molecule has 184 valence electrons. The summed E-state index contributed by atoms with van der Waals surface area (Å²) >= 11 is 0. The van der Waals surface area contributed by atoms with E-state index in [4.69, 9.17) is 5.73 Å². The largest absolute Gasteiger partial charge is 0.324 e. The zero-order valence-corrected chi connectivity index (χ0v) is 20.6. The van der Waals surface area contributed by atoms with Crippen LogP contribution in [0.5, 0.6) is 0 Å². The average Bonchev–Trinajstić information content (AvgIpc) is 3.31. The summed E-state index contributed by atoms with van der Waals surface area (Å²) in [6.45, 7) is 1.94. The van der Waals surface area contributed by atoms with Crippen molar-refractivity contribution in [1.82, 2.24) is 14.7 Å². The smallest absolute Gasteiger partial charge is 0.324 e. The lowest BCUT2D eigenvalue weighted by atomic mass is 10.0. The Balaban J connectivity index is 1.49. The molecule has 0 unspecified atom stereocenters. The number of aromatic nitrogens is 2. The minimum absolute atomic E-state index is 0.0102. The van der Waals surface area contributed by atoms with E-state index in [1.807, 2.05) is 52.0 Å². The topological polar surface area (TPSA) is 84.5 Å². The van der Waals surface area contributed by atoms with Gasteiger partial charge in [0.15, 0.2) is 5.78 Å². The Morgan fingerprint density at radius 2 is 1.69 bits per heavy atom. The molecule has 2 heterocycles. The number of likely N-dealkylation sites (tertiary alicyclic amines) is 1. The van der Waals surface area contributed by atoms with Gasteiger partial charge in [0.25, 0.3) is 0 Å². The highest BCUT2D eigenvalue weighted by Crippen LogP contribution is 2.29. The van der Waals surface area contributed by atoms with Crippen LogP contribution in [0.25, 0.3) is 22.0 Å². The number of hydrogen-bond acceptors (Lipinski definition) is 4. The normalized spacial score (nSPS) is 13.7. The van der Waals surface area contributed by atoms with Crippen LogP contribution in [0.2, 0.25) is 0 Å². The standard InChI is InChI=1S/C29H31N5O2/c1-32-27-17-24(12-13-25(27)19-31-32)23-6-5-7-26(16-23)34(29(36)33-14-3-2-4-15-33)20-21-8-10-22(11-9-21)28(35)18-30/h5-13,16-17,19H,2-4,14-15,18,20,30H2,1H3. The number of anilines is 1. The van der Waals surface area contributed by atoms with E-state index in [0.717, 1.165) is 65.6 Å². The van der Waals surface area contributed by atoms with Crippen LogP contribution in [0, 0.1) is 0 Å². The first kappa shape index (κ1) is 23.8. The number of ketones is 1.